The molecule has 0 amide bonds. The molecule has 2 fully saturated rings. The van der Waals surface area contributed by atoms with Crippen LogP contribution in [0.5, 0.6) is 0 Å². The van der Waals surface area contributed by atoms with Crippen LogP contribution in [0.1, 0.15) is 49.7 Å². The number of rotatable bonds is 12. The summed E-state index contributed by atoms with van der Waals surface area (Å²) >= 11 is 0. The van der Waals surface area contributed by atoms with Crippen molar-refractivity contribution in [2.45, 2.75) is 75.8 Å². The van der Waals surface area contributed by atoms with Crippen molar-refractivity contribution in [2.75, 3.05) is 13.2 Å². The second kappa shape index (κ2) is 11.2. The van der Waals surface area contributed by atoms with Gasteiger partial charge in [-0.05, 0) is 30.4 Å². The Kier molecular flexibility index (Phi) is 8.11. The predicted octanol–water partition coefficient (Wildman–Crippen LogP) is 4.62. The van der Waals surface area contributed by atoms with Gasteiger partial charge in [0, 0.05) is 32.5 Å². The van der Waals surface area contributed by atoms with E-state index in [9.17, 15) is 5.11 Å². The largest absolute Gasteiger partial charge is 0.396 e. The van der Waals surface area contributed by atoms with Gasteiger partial charge in [0.25, 0.3) is 0 Å². The van der Waals surface area contributed by atoms with E-state index < -0.39 is 5.79 Å². The van der Waals surface area contributed by atoms with Crippen molar-refractivity contribution in [2.24, 2.45) is 0 Å². The number of fused-ring (bicyclic) bond motifs is 2. The van der Waals surface area contributed by atoms with Crippen LogP contribution < -0.4 is 0 Å². The molecule has 2 heterocycles. The topological polar surface area (TPSA) is 57.2 Å². The molecule has 4 atom stereocenters. The third-order valence-corrected chi connectivity index (χ3v) is 6.11. The Hall–Kier alpha value is -1.76. The molecule has 2 aliphatic heterocycles. The quantitative estimate of drug-likeness (QED) is 0.502. The van der Waals surface area contributed by atoms with Crippen LogP contribution in [0.3, 0.4) is 0 Å². The standard InChI is InChI=1S/C26H34O5/c27-15-7-13-24-25-17-23(29-20-22-11-5-2-6-12-22)18-26(30-24,31-25)14-8-16-28-19-21-9-3-1-4-10-21/h1-6,9-12,23-25,27H,7-8,13-20H2/t23-,24-,25-,26+/m1/s1. The monoisotopic (exact) mass is 426 g/mol. The van der Waals surface area contributed by atoms with E-state index in [1.807, 2.05) is 36.4 Å². The van der Waals surface area contributed by atoms with E-state index >= 15 is 0 Å². The molecule has 2 aromatic carbocycles. The highest BCUT2D eigenvalue weighted by Gasteiger charge is 2.52. The van der Waals surface area contributed by atoms with Crippen LogP contribution in [0.2, 0.25) is 0 Å². The minimum atomic E-state index is -0.597. The van der Waals surface area contributed by atoms with E-state index in [1.165, 1.54) is 11.1 Å². The van der Waals surface area contributed by atoms with Crippen LogP contribution in [0.4, 0.5) is 0 Å². The molecule has 0 aliphatic carbocycles. The van der Waals surface area contributed by atoms with Gasteiger partial charge in [-0.15, -0.1) is 0 Å². The number of ether oxygens (including phenoxy) is 4. The van der Waals surface area contributed by atoms with Gasteiger partial charge >= 0.3 is 0 Å². The molecule has 0 aromatic heterocycles. The first-order valence-electron chi connectivity index (χ1n) is 11.5. The Labute approximate surface area is 185 Å². The first kappa shape index (κ1) is 22.4. The van der Waals surface area contributed by atoms with Crippen LogP contribution in [0, 0.1) is 0 Å². The zero-order valence-corrected chi connectivity index (χ0v) is 18.2. The molecule has 2 aliphatic rings. The third-order valence-electron chi connectivity index (χ3n) is 6.11. The van der Waals surface area contributed by atoms with Gasteiger partial charge in [0.2, 0.25) is 0 Å². The van der Waals surface area contributed by atoms with Gasteiger partial charge < -0.3 is 24.1 Å². The first-order chi connectivity index (χ1) is 15.3. The Morgan fingerprint density at radius 3 is 2.32 bits per heavy atom. The molecule has 0 saturated carbocycles. The van der Waals surface area contributed by atoms with E-state index in [2.05, 4.69) is 24.3 Å². The van der Waals surface area contributed by atoms with Crippen molar-refractivity contribution in [1.29, 1.82) is 0 Å². The summed E-state index contributed by atoms with van der Waals surface area (Å²) < 4.78 is 25.0. The molecular weight excluding hydrogens is 392 g/mol. The summed E-state index contributed by atoms with van der Waals surface area (Å²) in [7, 11) is 0. The molecular formula is C26H34O5. The maximum atomic E-state index is 9.25. The average molecular weight is 427 g/mol. The van der Waals surface area contributed by atoms with Crippen molar-refractivity contribution in [3.63, 3.8) is 0 Å². The summed E-state index contributed by atoms with van der Waals surface area (Å²) in [6.07, 6.45) is 4.98. The fraction of sp³-hybridized carbons (Fsp3) is 0.538. The molecule has 5 nitrogen and oxygen atoms in total. The summed E-state index contributed by atoms with van der Waals surface area (Å²) in [5.41, 5.74) is 2.37. The predicted molar refractivity (Wildman–Crippen MR) is 118 cm³/mol. The van der Waals surface area contributed by atoms with Crippen LogP contribution in [-0.4, -0.2) is 42.4 Å². The lowest BCUT2D eigenvalue weighted by atomic mass is 9.95. The SMILES string of the molecule is OCCC[C@H]1O[C@]2(CCCOCc3ccccc3)C[C@H](OCc3ccccc3)C[C@H]1O2. The molecule has 2 aromatic rings. The number of aliphatic hydroxyl groups excluding tert-OH is 1. The van der Waals surface area contributed by atoms with E-state index in [0.717, 1.165) is 38.5 Å². The van der Waals surface area contributed by atoms with Gasteiger partial charge in [0.15, 0.2) is 5.79 Å². The molecule has 31 heavy (non-hydrogen) atoms. The van der Waals surface area contributed by atoms with Crippen molar-refractivity contribution in [3.05, 3.63) is 71.8 Å². The maximum Gasteiger partial charge on any atom is 0.171 e. The first-order valence-corrected chi connectivity index (χ1v) is 11.5. The summed E-state index contributed by atoms with van der Waals surface area (Å²) in [5.74, 6) is -0.597. The number of hydrogen-bond donors (Lipinski definition) is 1. The average Bonchev–Trinajstić information content (AvgIpc) is 3.07. The van der Waals surface area contributed by atoms with Crippen molar-refractivity contribution < 1.29 is 24.1 Å². The summed E-state index contributed by atoms with van der Waals surface area (Å²) in [6.45, 7) is 2.08. The smallest absolute Gasteiger partial charge is 0.171 e. The van der Waals surface area contributed by atoms with Gasteiger partial charge in [-0.25, -0.2) is 0 Å². The molecule has 2 saturated heterocycles. The maximum absolute atomic E-state index is 9.25. The minimum Gasteiger partial charge on any atom is -0.396 e. The highest BCUT2D eigenvalue weighted by atomic mass is 16.8. The highest BCUT2D eigenvalue weighted by Crippen LogP contribution is 2.45. The Morgan fingerprint density at radius 2 is 1.61 bits per heavy atom. The lowest BCUT2D eigenvalue weighted by Gasteiger charge is -2.36. The highest BCUT2D eigenvalue weighted by molar-refractivity contribution is 5.14. The molecule has 1 N–H and O–H groups in total. The molecule has 2 bridgehead atoms. The molecule has 5 heteroatoms. The van der Waals surface area contributed by atoms with Crippen molar-refractivity contribution in [3.8, 4) is 0 Å². The van der Waals surface area contributed by atoms with Gasteiger partial charge in [-0.3, -0.25) is 0 Å². The zero-order chi connectivity index (χ0) is 21.4. The lowest BCUT2D eigenvalue weighted by molar-refractivity contribution is -0.226. The fourth-order valence-electron chi connectivity index (χ4n) is 4.60. The van der Waals surface area contributed by atoms with E-state index in [-0.39, 0.29) is 24.9 Å². The van der Waals surface area contributed by atoms with Gasteiger partial charge in [-0.1, -0.05) is 60.7 Å². The molecule has 0 spiro atoms. The number of hydrogen-bond acceptors (Lipinski definition) is 5. The third kappa shape index (κ3) is 6.37. The fourth-order valence-corrected chi connectivity index (χ4v) is 4.60. The Bertz CT molecular complexity index is 768. The van der Waals surface area contributed by atoms with Crippen molar-refractivity contribution >= 4 is 0 Å². The van der Waals surface area contributed by atoms with E-state index in [0.29, 0.717) is 19.8 Å². The zero-order valence-electron chi connectivity index (χ0n) is 18.2. The summed E-state index contributed by atoms with van der Waals surface area (Å²) in [4.78, 5) is 0. The van der Waals surface area contributed by atoms with Gasteiger partial charge in [-0.2, -0.15) is 0 Å². The second-order valence-corrected chi connectivity index (χ2v) is 8.59. The summed E-state index contributed by atoms with van der Waals surface area (Å²) in [5, 5.41) is 9.25. The van der Waals surface area contributed by atoms with Gasteiger partial charge in [0.1, 0.15) is 0 Å². The summed E-state index contributed by atoms with van der Waals surface area (Å²) in [6, 6.07) is 20.5. The van der Waals surface area contributed by atoms with Crippen molar-refractivity contribution in [1.82, 2.24) is 0 Å². The Balaban J connectivity index is 1.29. The molecule has 0 radical (unpaired) electrons. The van der Waals surface area contributed by atoms with E-state index in [4.69, 9.17) is 18.9 Å². The number of aliphatic hydroxyl groups is 1. The van der Waals surface area contributed by atoms with E-state index in [1.54, 1.807) is 0 Å². The van der Waals surface area contributed by atoms with Crippen LogP contribution in [0.15, 0.2) is 60.7 Å². The normalized spacial score (nSPS) is 27.5. The van der Waals surface area contributed by atoms with Crippen LogP contribution in [0.25, 0.3) is 0 Å². The van der Waals surface area contributed by atoms with Crippen LogP contribution in [-0.2, 0) is 32.2 Å². The number of benzene rings is 2. The second-order valence-electron chi connectivity index (χ2n) is 8.59. The lowest BCUT2D eigenvalue weighted by Crippen LogP contribution is -2.41. The van der Waals surface area contributed by atoms with Crippen LogP contribution >= 0.6 is 0 Å². The molecule has 4 rings (SSSR count). The molecule has 0 unspecified atom stereocenters. The van der Waals surface area contributed by atoms with Gasteiger partial charge in [0.05, 0.1) is 31.5 Å². The Morgan fingerprint density at radius 1 is 0.903 bits per heavy atom. The minimum absolute atomic E-state index is 0.0303. The molecule has 168 valence electrons.